The highest BCUT2D eigenvalue weighted by molar-refractivity contribution is 5.95. The first-order chi connectivity index (χ1) is 14.8. The summed E-state index contributed by atoms with van der Waals surface area (Å²) in [7, 11) is 0. The Morgan fingerprint density at radius 2 is 1.80 bits per heavy atom. The fourth-order valence-electron chi connectivity index (χ4n) is 4.47. The van der Waals surface area contributed by atoms with Crippen LogP contribution in [0.5, 0.6) is 0 Å². The highest BCUT2D eigenvalue weighted by atomic mass is 15.2. The lowest BCUT2D eigenvalue weighted by molar-refractivity contribution is 0.585. The summed E-state index contributed by atoms with van der Waals surface area (Å²) in [6.45, 7) is 6.11. The van der Waals surface area contributed by atoms with Crippen molar-refractivity contribution in [2.24, 2.45) is 0 Å². The van der Waals surface area contributed by atoms with Gasteiger partial charge in [-0.2, -0.15) is 10.2 Å². The zero-order valence-corrected chi connectivity index (χ0v) is 17.1. The lowest BCUT2D eigenvalue weighted by Gasteiger charge is -2.28. The van der Waals surface area contributed by atoms with Gasteiger partial charge in [0.1, 0.15) is 11.5 Å². The summed E-state index contributed by atoms with van der Waals surface area (Å²) < 4.78 is 0. The maximum absolute atomic E-state index is 4.70. The van der Waals surface area contributed by atoms with Gasteiger partial charge < -0.3 is 10.2 Å². The van der Waals surface area contributed by atoms with Gasteiger partial charge in [-0.1, -0.05) is 6.07 Å². The molecule has 2 aliphatic rings. The largest absolute Gasteiger partial charge is 0.354 e. The average Bonchev–Trinajstić information content (AvgIpc) is 3.44. The fourth-order valence-corrected chi connectivity index (χ4v) is 4.47. The Kier molecular flexibility index (Phi) is 4.09. The number of aromatic nitrogens is 5. The lowest BCUT2D eigenvalue weighted by atomic mass is 9.99. The van der Waals surface area contributed by atoms with E-state index in [1.807, 2.05) is 6.20 Å². The molecular formula is C23H25N7. The molecule has 0 unspecified atom stereocenters. The van der Waals surface area contributed by atoms with Crippen LogP contribution in [0.2, 0.25) is 0 Å². The quantitative estimate of drug-likeness (QED) is 0.488. The molecule has 0 spiro atoms. The zero-order chi connectivity index (χ0) is 20.1. The third kappa shape index (κ3) is 2.97. The molecule has 1 aliphatic heterocycles. The number of nitrogens with one attached hydrogen (secondary N) is 3. The second kappa shape index (κ2) is 6.95. The number of pyridine rings is 1. The van der Waals surface area contributed by atoms with Gasteiger partial charge in [0, 0.05) is 60.5 Å². The number of hydrogen-bond donors (Lipinski definition) is 3. The Morgan fingerprint density at radius 3 is 2.57 bits per heavy atom. The number of fused-ring (bicyclic) bond motifs is 1. The predicted octanol–water partition coefficient (Wildman–Crippen LogP) is 3.61. The van der Waals surface area contributed by atoms with Gasteiger partial charge in [-0.15, -0.1) is 0 Å². The molecule has 3 aromatic heterocycles. The van der Waals surface area contributed by atoms with Crippen molar-refractivity contribution >= 4 is 16.7 Å². The Labute approximate surface area is 174 Å². The number of hydrogen-bond acceptors (Lipinski definition) is 5. The van der Waals surface area contributed by atoms with Crippen molar-refractivity contribution in [1.82, 2.24) is 30.7 Å². The first kappa shape index (κ1) is 17.7. The first-order valence-electron chi connectivity index (χ1n) is 10.7. The van der Waals surface area contributed by atoms with Gasteiger partial charge in [0.25, 0.3) is 0 Å². The molecule has 0 radical (unpaired) electrons. The molecule has 0 bridgehead atoms. The smallest absolute Gasteiger partial charge is 0.128 e. The van der Waals surface area contributed by atoms with Crippen molar-refractivity contribution in [3.05, 3.63) is 47.9 Å². The maximum atomic E-state index is 4.70. The summed E-state index contributed by atoms with van der Waals surface area (Å²) in [6, 6.07) is 10.8. The molecule has 0 atom stereocenters. The molecule has 3 N–H and O–H groups in total. The number of benzene rings is 1. The SMILES string of the molecule is Cc1[nH]nc(C2CC2)c1-c1ccc2c(-c3ccc(N4CCNCC4)nc3)n[nH]c2c1. The number of aryl methyl sites for hydroxylation is 1. The minimum atomic E-state index is 0.609. The third-order valence-electron chi connectivity index (χ3n) is 6.25. The van der Waals surface area contributed by atoms with E-state index in [4.69, 9.17) is 4.98 Å². The topological polar surface area (TPSA) is 85.5 Å². The molecule has 7 heteroatoms. The number of H-pyrrole nitrogens is 2. The molecular weight excluding hydrogens is 374 g/mol. The molecule has 2 fully saturated rings. The molecule has 1 aromatic carbocycles. The van der Waals surface area contributed by atoms with E-state index in [2.05, 4.69) is 67.9 Å². The Hall–Kier alpha value is -3.19. The molecule has 152 valence electrons. The maximum Gasteiger partial charge on any atom is 0.128 e. The van der Waals surface area contributed by atoms with Crippen LogP contribution in [0, 0.1) is 6.92 Å². The minimum absolute atomic E-state index is 0.609. The molecule has 1 saturated carbocycles. The van der Waals surface area contributed by atoms with Crippen molar-refractivity contribution in [2.75, 3.05) is 31.1 Å². The van der Waals surface area contributed by atoms with E-state index < -0.39 is 0 Å². The molecule has 30 heavy (non-hydrogen) atoms. The monoisotopic (exact) mass is 399 g/mol. The molecule has 6 rings (SSSR count). The summed E-state index contributed by atoms with van der Waals surface area (Å²) in [6.07, 6.45) is 4.42. The molecule has 4 heterocycles. The normalized spacial score (nSPS) is 17.0. The van der Waals surface area contributed by atoms with Crippen molar-refractivity contribution in [3.8, 4) is 22.4 Å². The van der Waals surface area contributed by atoms with Crippen LogP contribution in [-0.2, 0) is 0 Å². The predicted molar refractivity (Wildman–Crippen MR) is 119 cm³/mol. The van der Waals surface area contributed by atoms with Gasteiger partial charge >= 0.3 is 0 Å². The fraction of sp³-hybridized carbons (Fsp3) is 0.348. The van der Waals surface area contributed by atoms with Crippen LogP contribution < -0.4 is 10.2 Å². The standard InChI is InChI=1S/C23H25N7/c1-14-21(23(29-26-14)15-2-3-15)16-4-6-18-19(12-16)27-28-22(18)17-5-7-20(25-13-17)30-10-8-24-9-11-30/h4-7,12-13,15,24H,2-3,8-11H2,1H3,(H,26,29)(H,27,28). The van der Waals surface area contributed by atoms with E-state index in [-0.39, 0.29) is 0 Å². The van der Waals surface area contributed by atoms with Crippen molar-refractivity contribution < 1.29 is 0 Å². The summed E-state index contributed by atoms with van der Waals surface area (Å²) >= 11 is 0. The average molecular weight is 400 g/mol. The van der Waals surface area contributed by atoms with Gasteiger partial charge in [0.05, 0.1) is 11.2 Å². The van der Waals surface area contributed by atoms with E-state index in [1.54, 1.807) is 0 Å². The van der Waals surface area contributed by atoms with E-state index in [1.165, 1.54) is 29.7 Å². The molecule has 4 aromatic rings. The van der Waals surface area contributed by atoms with Gasteiger partial charge in [0.2, 0.25) is 0 Å². The summed E-state index contributed by atoms with van der Waals surface area (Å²) in [5.41, 5.74) is 7.79. The van der Waals surface area contributed by atoms with Gasteiger partial charge in [-0.25, -0.2) is 4.98 Å². The van der Waals surface area contributed by atoms with Gasteiger partial charge in [-0.05, 0) is 49.6 Å². The number of nitrogens with zero attached hydrogens (tertiary/aromatic N) is 4. The number of rotatable bonds is 4. The molecule has 0 amide bonds. The van der Waals surface area contributed by atoms with Gasteiger partial charge in [0.15, 0.2) is 0 Å². The van der Waals surface area contributed by atoms with Crippen LogP contribution in [0.3, 0.4) is 0 Å². The summed E-state index contributed by atoms with van der Waals surface area (Å²) in [5, 5.41) is 20.1. The highest BCUT2D eigenvalue weighted by Crippen LogP contribution is 2.44. The first-order valence-corrected chi connectivity index (χ1v) is 10.7. The van der Waals surface area contributed by atoms with Crippen LogP contribution in [0.4, 0.5) is 5.82 Å². The van der Waals surface area contributed by atoms with Crippen LogP contribution in [0.1, 0.15) is 30.1 Å². The van der Waals surface area contributed by atoms with Crippen LogP contribution >= 0.6 is 0 Å². The molecule has 1 aliphatic carbocycles. The van der Waals surface area contributed by atoms with Crippen LogP contribution in [0.25, 0.3) is 33.3 Å². The number of anilines is 1. The Balaban J connectivity index is 1.33. The Bertz CT molecular complexity index is 1190. The van der Waals surface area contributed by atoms with Gasteiger partial charge in [-0.3, -0.25) is 10.2 Å². The molecule has 7 nitrogen and oxygen atoms in total. The zero-order valence-electron chi connectivity index (χ0n) is 17.1. The molecule has 1 saturated heterocycles. The van der Waals surface area contributed by atoms with E-state index in [0.29, 0.717) is 5.92 Å². The second-order valence-corrected chi connectivity index (χ2v) is 8.36. The number of aromatic amines is 2. The summed E-state index contributed by atoms with van der Waals surface area (Å²) in [4.78, 5) is 7.02. The van der Waals surface area contributed by atoms with E-state index >= 15 is 0 Å². The van der Waals surface area contributed by atoms with Crippen molar-refractivity contribution in [2.45, 2.75) is 25.7 Å². The van der Waals surface area contributed by atoms with Crippen molar-refractivity contribution in [3.63, 3.8) is 0 Å². The highest BCUT2D eigenvalue weighted by Gasteiger charge is 2.30. The van der Waals surface area contributed by atoms with Crippen LogP contribution in [-0.4, -0.2) is 51.6 Å². The van der Waals surface area contributed by atoms with Crippen molar-refractivity contribution in [1.29, 1.82) is 0 Å². The third-order valence-corrected chi connectivity index (χ3v) is 6.25. The second-order valence-electron chi connectivity index (χ2n) is 8.36. The Morgan fingerprint density at radius 1 is 0.967 bits per heavy atom. The lowest BCUT2D eigenvalue weighted by Crippen LogP contribution is -2.43. The summed E-state index contributed by atoms with van der Waals surface area (Å²) in [5.74, 6) is 1.64. The van der Waals surface area contributed by atoms with E-state index in [0.717, 1.165) is 59.9 Å². The van der Waals surface area contributed by atoms with Crippen LogP contribution in [0.15, 0.2) is 36.5 Å². The minimum Gasteiger partial charge on any atom is -0.354 e. The number of piperazine rings is 1. The van der Waals surface area contributed by atoms with E-state index in [9.17, 15) is 0 Å².